The van der Waals surface area contributed by atoms with E-state index in [9.17, 15) is 14.7 Å². The minimum atomic E-state index is -0.277. The van der Waals surface area contributed by atoms with Crippen LogP contribution in [0.2, 0.25) is 0 Å². The van der Waals surface area contributed by atoms with E-state index in [0.717, 1.165) is 28.0 Å². The molecule has 0 fully saturated rings. The lowest BCUT2D eigenvalue weighted by molar-refractivity contribution is -0.122. The van der Waals surface area contributed by atoms with Gasteiger partial charge in [0.15, 0.2) is 11.6 Å². The lowest BCUT2D eigenvalue weighted by Gasteiger charge is -2.27. The van der Waals surface area contributed by atoms with E-state index in [1.54, 1.807) is 14.0 Å². The van der Waals surface area contributed by atoms with Crippen LogP contribution in [0.3, 0.4) is 0 Å². The minimum Gasteiger partial charge on any atom is -0.511 e. The predicted molar refractivity (Wildman–Crippen MR) is 89.1 cm³/mol. The van der Waals surface area contributed by atoms with E-state index in [4.69, 9.17) is 4.74 Å². The van der Waals surface area contributed by atoms with Crippen LogP contribution in [0.15, 0.2) is 17.4 Å². The van der Waals surface area contributed by atoms with E-state index < -0.39 is 0 Å². The second-order valence-corrected chi connectivity index (χ2v) is 6.21. The van der Waals surface area contributed by atoms with Gasteiger partial charge in [0.2, 0.25) is 0 Å². The first-order valence-electron chi connectivity index (χ1n) is 7.94. The van der Waals surface area contributed by atoms with E-state index in [0.29, 0.717) is 6.42 Å². The van der Waals surface area contributed by atoms with E-state index in [1.807, 2.05) is 26.8 Å². The molecule has 0 radical (unpaired) electrons. The molecule has 0 spiro atoms. The molecule has 1 aliphatic rings. The molecule has 0 aromatic heterocycles. The van der Waals surface area contributed by atoms with Gasteiger partial charge in [-0.1, -0.05) is 13.0 Å². The first kappa shape index (κ1) is 17.3. The van der Waals surface area contributed by atoms with Crippen LogP contribution in [0.4, 0.5) is 0 Å². The Labute approximate surface area is 137 Å². The molecule has 124 valence electrons. The highest BCUT2D eigenvalue weighted by atomic mass is 16.5. The van der Waals surface area contributed by atoms with Crippen molar-refractivity contribution in [3.05, 3.63) is 39.7 Å². The van der Waals surface area contributed by atoms with Crippen LogP contribution in [-0.2, 0) is 9.59 Å². The number of allylic oxidation sites excluding steroid dienone is 2. The van der Waals surface area contributed by atoms with E-state index in [-0.39, 0.29) is 41.7 Å². The second kappa shape index (κ2) is 6.57. The number of aliphatic hydroxyl groups is 1. The molecule has 23 heavy (non-hydrogen) atoms. The fourth-order valence-electron chi connectivity index (χ4n) is 3.72. The van der Waals surface area contributed by atoms with Crippen LogP contribution in [0.1, 0.15) is 54.4 Å². The molecule has 0 aliphatic heterocycles. The Morgan fingerprint density at radius 1 is 1.26 bits per heavy atom. The van der Waals surface area contributed by atoms with Crippen molar-refractivity contribution in [1.29, 1.82) is 0 Å². The van der Waals surface area contributed by atoms with Gasteiger partial charge in [-0.2, -0.15) is 0 Å². The van der Waals surface area contributed by atoms with Gasteiger partial charge in [-0.3, -0.25) is 9.59 Å². The van der Waals surface area contributed by atoms with Gasteiger partial charge in [-0.15, -0.1) is 0 Å². The van der Waals surface area contributed by atoms with Gasteiger partial charge in [-0.25, -0.2) is 0 Å². The zero-order valence-corrected chi connectivity index (χ0v) is 14.4. The molecule has 1 aromatic carbocycles. The van der Waals surface area contributed by atoms with E-state index >= 15 is 0 Å². The molecule has 4 nitrogen and oxygen atoms in total. The van der Waals surface area contributed by atoms with E-state index in [2.05, 4.69) is 0 Å². The molecule has 1 aromatic rings. The number of carbonyl (C=O) groups excluding carboxylic acids is 2. The number of aryl methyl sites for hydroxylation is 2. The first-order chi connectivity index (χ1) is 10.8. The zero-order valence-electron chi connectivity index (χ0n) is 14.4. The molecule has 1 unspecified atom stereocenters. The number of aliphatic hydroxyl groups excluding tert-OH is 1. The molecule has 1 atom stereocenters. The van der Waals surface area contributed by atoms with Gasteiger partial charge >= 0.3 is 0 Å². The number of methoxy groups -OCH3 is 1. The molecule has 0 amide bonds. The topological polar surface area (TPSA) is 63.6 Å². The van der Waals surface area contributed by atoms with Crippen LogP contribution in [0.5, 0.6) is 5.75 Å². The maximum absolute atomic E-state index is 12.4. The van der Waals surface area contributed by atoms with E-state index in [1.165, 1.54) is 0 Å². The number of hydrogen-bond acceptors (Lipinski definition) is 4. The third-order valence-corrected chi connectivity index (χ3v) is 4.61. The van der Waals surface area contributed by atoms with Gasteiger partial charge in [0.05, 0.1) is 12.7 Å². The number of Topliss-reactive ketones (excluding diaryl/α,β-unsaturated/α-hetero) is 2. The Bertz CT molecular complexity index is 698. The Morgan fingerprint density at radius 3 is 2.43 bits per heavy atom. The largest absolute Gasteiger partial charge is 0.511 e. The monoisotopic (exact) mass is 316 g/mol. The van der Waals surface area contributed by atoms with Crippen molar-refractivity contribution in [2.24, 2.45) is 0 Å². The van der Waals surface area contributed by atoms with Crippen molar-refractivity contribution < 1.29 is 19.4 Å². The van der Waals surface area contributed by atoms with Crippen LogP contribution in [-0.4, -0.2) is 23.8 Å². The summed E-state index contributed by atoms with van der Waals surface area (Å²) in [4.78, 5) is 24.2. The number of carbonyl (C=O) groups is 2. The summed E-state index contributed by atoms with van der Waals surface area (Å²) in [7, 11) is 1.63. The standard InChI is InChI=1S/C19H24O4/c1-6-14(20)18-15(21)8-13(9-16(18)22)17-10(2)7-11(3)19(23-5)12(17)4/h7,13,21H,6,8-9H2,1-5H3. The molecule has 0 saturated heterocycles. The Balaban J connectivity index is 2.49. The number of rotatable bonds is 4. The van der Waals surface area contributed by atoms with Crippen molar-refractivity contribution in [2.45, 2.75) is 52.9 Å². The van der Waals surface area contributed by atoms with Crippen molar-refractivity contribution in [2.75, 3.05) is 7.11 Å². The Morgan fingerprint density at radius 2 is 1.91 bits per heavy atom. The summed E-state index contributed by atoms with van der Waals surface area (Å²) in [5.41, 5.74) is 4.17. The van der Waals surface area contributed by atoms with Crippen molar-refractivity contribution in [3.63, 3.8) is 0 Å². The molecule has 0 heterocycles. The summed E-state index contributed by atoms with van der Waals surface area (Å²) >= 11 is 0. The maximum Gasteiger partial charge on any atom is 0.170 e. The molecule has 0 saturated carbocycles. The van der Waals surface area contributed by atoms with Crippen molar-refractivity contribution in [3.8, 4) is 5.75 Å². The smallest absolute Gasteiger partial charge is 0.170 e. The molecule has 4 heteroatoms. The summed E-state index contributed by atoms with van der Waals surface area (Å²) < 4.78 is 5.48. The van der Waals surface area contributed by atoms with Crippen LogP contribution < -0.4 is 4.74 Å². The summed E-state index contributed by atoms with van der Waals surface area (Å²) in [6.07, 6.45) is 0.798. The zero-order chi connectivity index (χ0) is 17.3. The molecular weight excluding hydrogens is 292 g/mol. The number of ketones is 2. The lowest BCUT2D eigenvalue weighted by atomic mass is 9.77. The maximum atomic E-state index is 12.4. The highest BCUT2D eigenvalue weighted by Crippen LogP contribution is 2.40. The summed E-state index contributed by atoms with van der Waals surface area (Å²) in [5.74, 6) is 0.0867. The van der Waals surface area contributed by atoms with Gasteiger partial charge in [-0.05, 0) is 48.9 Å². The number of benzene rings is 1. The van der Waals surface area contributed by atoms with Crippen molar-refractivity contribution >= 4 is 11.6 Å². The minimum absolute atomic E-state index is 0.00173. The van der Waals surface area contributed by atoms with Crippen molar-refractivity contribution in [1.82, 2.24) is 0 Å². The Kier molecular flexibility index (Phi) is 4.93. The highest BCUT2D eigenvalue weighted by molar-refractivity contribution is 6.21. The summed E-state index contributed by atoms with van der Waals surface area (Å²) in [5, 5.41) is 10.2. The molecule has 0 bridgehead atoms. The average molecular weight is 316 g/mol. The van der Waals surface area contributed by atoms with Gasteiger partial charge in [0.25, 0.3) is 0 Å². The number of ether oxygens (including phenoxy) is 1. The first-order valence-corrected chi connectivity index (χ1v) is 7.94. The fourth-order valence-corrected chi connectivity index (χ4v) is 3.72. The lowest BCUT2D eigenvalue weighted by Crippen LogP contribution is -2.24. The predicted octanol–water partition coefficient (Wildman–Crippen LogP) is 3.86. The summed E-state index contributed by atoms with van der Waals surface area (Å²) in [6.45, 7) is 7.67. The SMILES string of the molecule is CCC(=O)C1=C(O)CC(c2c(C)cc(C)c(OC)c2C)CC1=O. The van der Waals surface area contributed by atoms with Gasteiger partial charge < -0.3 is 9.84 Å². The fraction of sp³-hybridized carbons (Fsp3) is 0.474. The third-order valence-electron chi connectivity index (χ3n) is 4.61. The van der Waals surface area contributed by atoms with Crippen LogP contribution in [0, 0.1) is 20.8 Å². The molecule has 1 aliphatic carbocycles. The normalized spacial score (nSPS) is 18.3. The van der Waals surface area contributed by atoms with Gasteiger partial charge in [0.1, 0.15) is 11.5 Å². The van der Waals surface area contributed by atoms with Crippen LogP contribution in [0.25, 0.3) is 0 Å². The molecule has 2 rings (SSSR count). The quantitative estimate of drug-likeness (QED) is 0.857. The highest BCUT2D eigenvalue weighted by Gasteiger charge is 2.33. The average Bonchev–Trinajstić information content (AvgIpc) is 2.46. The molecular formula is C19H24O4. The van der Waals surface area contributed by atoms with Gasteiger partial charge in [0, 0.05) is 19.3 Å². The molecule has 1 N–H and O–H groups in total. The van der Waals surface area contributed by atoms with Crippen LogP contribution >= 0.6 is 0 Å². The summed E-state index contributed by atoms with van der Waals surface area (Å²) in [6, 6.07) is 2.04. The number of hydrogen-bond donors (Lipinski definition) is 1. The second-order valence-electron chi connectivity index (χ2n) is 6.21. The third kappa shape index (κ3) is 3.03. The Hall–Kier alpha value is -2.10.